The second-order valence-corrected chi connectivity index (χ2v) is 8.10. The molecule has 0 amide bonds. The first-order valence-corrected chi connectivity index (χ1v) is 11.1. The van der Waals surface area contributed by atoms with Gasteiger partial charge in [-0.15, -0.1) is 0 Å². The maximum Gasteiger partial charge on any atom is 0.126 e. The summed E-state index contributed by atoms with van der Waals surface area (Å²) in [6.07, 6.45) is 0.605. The molecule has 1 atom stereocenters. The van der Waals surface area contributed by atoms with E-state index in [2.05, 4.69) is 18.2 Å². The summed E-state index contributed by atoms with van der Waals surface area (Å²) in [7, 11) is 4.95. The van der Waals surface area contributed by atoms with E-state index in [0.717, 1.165) is 39.2 Å². The standard InChI is InChI=1S/C28H26N2O4/c1-32-19-8-6-7-18(15-19)30-26(17-25(29-30)24-16-20(33-2)11-13-27(24)31)22-12-14-28(34-3)23-10-5-4-9-21(22)23/h4-16,26,31H,17H2,1-3H3. The van der Waals surface area contributed by atoms with Crippen LogP contribution < -0.4 is 19.2 Å². The number of hydrogen-bond donors (Lipinski definition) is 1. The summed E-state index contributed by atoms with van der Waals surface area (Å²) in [5.74, 6) is 2.42. The molecule has 4 aromatic carbocycles. The first-order valence-electron chi connectivity index (χ1n) is 11.1. The molecule has 1 aliphatic rings. The average Bonchev–Trinajstić information content (AvgIpc) is 3.33. The van der Waals surface area contributed by atoms with Crippen LogP contribution in [-0.2, 0) is 0 Å². The maximum atomic E-state index is 10.6. The molecule has 5 rings (SSSR count). The van der Waals surface area contributed by atoms with Crippen LogP contribution in [0.1, 0.15) is 23.6 Å². The first-order chi connectivity index (χ1) is 16.6. The van der Waals surface area contributed by atoms with Crippen LogP contribution in [0.3, 0.4) is 0 Å². The zero-order valence-corrected chi connectivity index (χ0v) is 19.4. The molecule has 1 heterocycles. The van der Waals surface area contributed by atoms with Crippen LogP contribution in [0.4, 0.5) is 5.69 Å². The van der Waals surface area contributed by atoms with Gasteiger partial charge in [0.25, 0.3) is 0 Å². The van der Waals surface area contributed by atoms with Gasteiger partial charge in [0.15, 0.2) is 0 Å². The highest BCUT2D eigenvalue weighted by atomic mass is 16.5. The molecule has 0 saturated carbocycles. The monoisotopic (exact) mass is 454 g/mol. The highest BCUT2D eigenvalue weighted by Crippen LogP contribution is 2.43. The summed E-state index contributed by atoms with van der Waals surface area (Å²) in [6.45, 7) is 0. The Balaban J connectivity index is 1.67. The number of phenols is 1. The number of aromatic hydroxyl groups is 1. The van der Waals surface area contributed by atoms with Crippen LogP contribution in [-0.4, -0.2) is 32.1 Å². The van der Waals surface area contributed by atoms with Gasteiger partial charge in [-0.25, -0.2) is 0 Å². The minimum Gasteiger partial charge on any atom is -0.507 e. The van der Waals surface area contributed by atoms with Gasteiger partial charge in [0, 0.05) is 23.4 Å². The van der Waals surface area contributed by atoms with Gasteiger partial charge in [-0.2, -0.15) is 5.10 Å². The molecule has 6 heteroatoms. The summed E-state index contributed by atoms with van der Waals surface area (Å²) in [4.78, 5) is 0. The van der Waals surface area contributed by atoms with Gasteiger partial charge >= 0.3 is 0 Å². The molecule has 0 bridgehead atoms. The zero-order valence-electron chi connectivity index (χ0n) is 19.4. The average molecular weight is 455 g/mol. The maximum absolute atomic E-state index is 10.6. The lowest BCUT2D eigenvalue weighted by Crippen LogP contribution is -2.19. The van der Waals surface area contributed by atoms with Crippen molar-refractivity contribution >= 4 is 22.2 Å². The number of rotatable bonds is 6. The van der Waals surface area contributed by atoms with E-state index < -0.39 is 0 Å². The Hall–Kier alpha value is -4.19. The number of ether oxygens (including phenoxy) is 3. The van der Waals surface area contributed by atoms with Crippen molar-refractivity contribution in [2.45, 2.75) is 12.5 Å². The Bertz CT molecular complexity index is 1380. The highest BCUT2D eigenvalue weighted by Gasteiger charge is 2.32. The summed E-state index contributed by atoms with van der Waals surface area (Å²) >= 11 is 0. The number of anilines is 1. The van der Waals surface area contributed by atoms with E-state index >= 15 is 0 Å². The molecular weight excluding hydrogens is 428 g/mol. The number of hydrogen-bond acceptors (Lipinski definition) is 6. The lowest BCUT2D eigenvalue weighted by Gasteiger charge is -2.26. The largest absolute Gasteiger partial charge is 0.507 e. The van der Waals surface area contributed by atoms with Crippen molar-refractivity contribution in [3.05, 3.63) is 90.0 Å². The summed E-state index contributed by atoms with van der Waals surface area (Å²) in [5.41, 5.74) is 3.47. The molecule has 172 valence electrons. The Morgan fingerprint density at radius 1 is 0.794 bits per heavy atom. The SMILES string of the molecule is COc1cccc(N2N=C(c3cc(OC)ccc3O)CC2c2ccc(OC)c3ccccc23)c1. The van der Waals surface area contributed by atoms with E-state index in [9.17, 15) is 5.11 Å². The number of methoxy groups -OCH3 is 3. The van der Waals surface area contributed by atoms with Crippen LogP contribution in [0.2, 0.25) is 0 Å². The van der Waals surface area contributed by atoms with Gasteiger partial charge in [-0.3, -0.25) is 5.01 Å². The van der Waals surface area contributed by atoms with Crippen molar-refractivity contribution in [2.24, 2.45) is 5.10 Å². The van der Waals surface area contributed by atoms with E-state index in [1.54, 1.807) is 33.5 Å². The Morgan fingerprint density at radius 2 is 1.56 bits per heavy atom. The van der Waals surface area contributed by atoms with Gasteiger partial charge < -0.3 is 19.3 Å². The predicted molar refractivity (Wildman–Crippen MR) is 135 cm³/mol. The second-order valence-electron chi connectivity index (χ2n) is 8.10. The fraction of sp³-hybridized carbons (Fsp3) is 0.179. The van der Waals surface area contributed by atoms with E-state index in [0.29, 0.717) is 17.7 Å². The Morgan fingerprint density at radius 3 is 2.32 bits per heavy atom. The number of hydrazone groups is 1. The molecular formula is C28H26N2O4. The van der Waals surface area contributed by atoms with E-state index in [-0.39, 0.29) is 11.8 Å². The first kappa shape index (κ1) is 21.6. The van der Waals surface area contributed by atoms with E-state index in [1.807, 2.05) is 53.5 Å². The molecule has 0 aromatic heterocycles. The van der Waals surface area contributed by atoms with Crippen molar-refractivity contribution in [1.82, 2.24) is 0 Å². The number of phenolic OH excluding ortho intramolecular Hbond substituents is 1. The minimum absolute atomic E-state index is 0.0940. The lowest BCUT2D eigenvalue weighted by atomic mass is 9.93. The molecule has 0 radical (unpaired) electrons. The lowest BCUT2D eigenvalue weighted by molar-refractivity contribution is 0.412. The normalized spacial score (nSPS) is 15.3. The molecule has 0 spiro atoms. The molecule has 34 heavy (non-hydrogen) atoms. The Kier molecular flexibility index (Phi) is 5.72. The summed E-state index contributed by atoms with van der Waals surface area (Å²) < 4.78 is 16.5. The van der Waals surface area contributed by atoms with Crippen molar-refractivity contribution in [1.29, 1.82) is 0 Å². The van der Waals surface area contributed by atoms with Crippen LogP contribution in [0.15, 0.2) is 84.0 Å². The third-order valence-corrected chi connectivity index (χ3v) is 6.24. The van der Waals surface area contributed by atoms with Crippen LogP contribution in [0, 0.1) is 0 Å². The number of nitrogens with zero attached hydrogens (tertiary/aromatic N) is 2. The van der Waals surface area contributed by atoms with Crippen molar-refractivity contribution in [3.8, 4) is 23.0 Å². The van der Waals surface area contributed by atoms with Gasteiger partial charge in [0.2, 0.25) is 0 Å². The second kappa shape index (κ2) is 8.98. The third kappa shape index (κ3) is 3.77. The highest BCUT2D eigenvalue weighted by molar-refractivity contribution is 6.06. The van der Waals surface area contributed by atoms with Crippen molar-refractivity contribution < 1.29 is 19.3 Å². The Labute approximate surface area is 198 Å². The zero-order chi connectivity index (χ0) is 23.7. The van der Waals surface area contributed by atoms with Crippen LogP contribution in [0.5, 0.6) is 23.0 Å². The van der Waals surface area contributed by atoms with E-state index in [4.69, 9.17) is 19.3 Å². The molecule has 1 N–H and O–H groups in total. The van der Waals surface area contributed by atoms with E-state index in [1.165, 1.54) is 0 Å². The fourth-order valence-electron chi connectivity index (χ4n) is 4.54. The molecule has 0 fully saturated rings. The van der Waals surface area contributed by atoms with Crippen molar-refractivity contribution in [2.75, 3.05) is 26.3 Å². The van der Waals surface area contributed by atoms with Gasteiger partial charge in [-0.1, -0.05) is 36.4 Å². The summed E-state index contributed by atoms with van der Waals surface area (Å²) in [6, 6.07) is 25.3. The minimum atomic E-state index is -0.0940. The van der Waals surface area contributed by atoms with Gasteiger partial charge in [0.05, 0.1) is 38.8 Å². The molecule has 1 aliphatic heterocycles. The van der Waals surface area contributed by atoms with Crippen LogP contribution in [0.25, 0.3) is 10.8 Å². The predicted octanol–water partition coefficient (Wildman–Crippen LogP) is 5.93. The molecule has 6 nitrogen and oxygen atoms in total. The molecule has 1 unspecified atom stereocenters. The fourth-order valence-corrected chi connectivity index (χ4v) is 4.54. The van der Waals surface area contributed by atoms with Gasteiger partial charge in [-0.05, 0) is 47.3 Å². The van der Waals surface area contributed by atoms with Gasteiger partial charge in [0.1, 0.15) is 23.0 Å². The molecule has 4 aromatic rings. The van der Waals surface area contributed by atoms with Crippen LogP contribution >= 0.6 is 0 Å². The summed E-state index contributed by atoms with van der Waals surface area (Å²) in [5, 5.41) is 19.8. The third-order valence-electron chi connectivity index (χ3n) is 6.24. The number of benzene rings is 4. The molecule has 0 aliphatic carbocycles. The smallest absolute Gasteiger partial charge is 0.126 e. The quantitative estimate of drug-likeness (QED) is 0.391. The van der Waals surface area contributed by atoms with Crippen molar-refractivity contribution in [3.63, 3.8) is 0 Å². The number of fused-ring (bicyclic) bond motifs is 1. The topological polar surface area (TPSA) is 63.5 Å². The molecule has 0 saturated heterocycles.